The number of nitrogens with two attached hydrogens (primary N) is 1. The number of aromatic nitrogens is 1. The van der Waals surface area contributed by atoms with E-state index >= 15 is 0 Å². The third-order valence-corrected chi connectivity index (χ3v) is 5.60. The summed E-state index contributed by atoms with van der Waals surface area (Å²) in [7, 11) is -3.49. The maximum atomic E-state index is 12.6. The third-order valence-electron chi connectivity index (χ3n) is 3.70. The van der Waals surface area contributed by atoms with Gasteiger partial charge in [0.25, 0.3) is 0 Å². The Labute approximate surface area is 126 Å². The van der Waals surface area contributed by atoms with Gasteiger partial charge in [-0.15, -0.1) is 0 Å². The first kappa shape index (κ1) is 16.2. The van der Waals surface area contributed by atoms with Crippen molar-refractivity contribution in [2.75, 3.05) is 31.6 Å². The van der Waals surface area contributed by atoms with Crippen LogP contribution in [-0.4, -0.2) is 54.3 Å². The molecule has 0 amide bonds. The van der Waals surface area contributed by atoms with E-state index in [4.69, 9.17) is 5.84 Å². The monoisotopic (exact) mass is 313 g/mol. The second kappa shape index (κ2) is 5.88. The fraction of sp³-hybridized carbons (Fsp3) is 0.615. The summed E-state index contributed by atoms with van der Waals surface area (Å²) in [5, 5.41) is 0. The molecule has 0 saturated carbocycles. The summed E-state index contributed by atoms with van der Waals surface area (Å²) in [6.07, 6.45) is 1.44. The number of hydrogen-bond acceptors (Lipinski definition) is 6. The van der Waals surface area contributed by atoms with Gasteiger partial charge in [0, 0.05) is 44.0 Å². The molecule has 0 atom stereocenters. The zero-order chi connectivity index (χ0) is 15.7. The number of hydrazine groups is 1. The zero-order valence-corrected chi connectivity index (χ0v) is 13.5. The van der Waals surface area contributed by atoms with E-state index in [9.17, 15) is 8.42 Å². The van der Waals surface area contributed by atoms with Gasteiger partial charge in [0.1, 0.15) is 5.82 Å². The standard InChI is InChI=1S/C13H23N5O2S/c1-13(2,3)17-6-8-18(9-7-17)21(19,20)11-4-5-15-12(10-11)16-14/h4-5,10H,6-9,14H2,1-3H3,(H,15,16). The van der Waals surface area contributed by atoms with E-state index in [2.05, 4.69) is 36.1 Å². The fourth-order valence-corrected chi connectivity index (χ4v) is 3.83. The second-order valence-electron chi connectivity index (χ2n) is 6.08. The van der Waals surface area contributed by atoms with Crippen LogP contribution in [0.4, 0.5) is 5.82 Å². The van der Waals surface area contributed by atoms with E-state index in [1.807, 2.05) is 0 Å². The zero-order valence-electron chi connectivity index (χ0n) is 12.7. The summed E-state index contributed by atoms with van der Waals surface area (Å²) in [5.41, 5.74) is 2.43. The summed E-state index contributed by atoms with van der Waals surface area (Å²) in [6, 6.07) is 2.94. The van der Waals surface area contributed by atoms with Crippen molar-refractivity contribution in [1.29, 1.82) is 0 Å². The Morgan fingerprint density at radius 2 is 1.86 bits per heavy atom. The van der Waals surface area contributed by atoms with Crippen LogP contribution in [0.5, 0.6) is 0 Å². The summed E-state index contributed by atoms with van der Waals surface area (Å²) in [4.78, 5) is 6.44. The Morgan fingerprint density at radius 3 is 2.38 bits per heavy atom. The SMILES string of the molecule is CC(C)(C)N1CCN(S(=O)(=O)c2ccnc(NN)c2)CC1. The molecule has 1 aromatic heterocycles. The van der Waals surface area contributed by atoms with E-state index < -0.39 is 10.0 Å². The molecule has 2 heterocycles. The molecule has 0 spiro atoms. The number of rotatable bonds is 3. The topological polar surface area (TPSA) is 91.6 Å². The fourth-order valence-electron chi connectivity index (χ4n) is 2.40. The molecule has 1 aliphatic rings. The molecule has 3 N–H and O–H groups in total. The molecule has 0 aromatic carbocycles. The van der Waals surface area contributed by atoms with Crippen molar-refractivity contribution in [1.82, 2.24) is 14.2 Å². The van der Waals surface area contributed by atoms with Crippen LogP contribution >= 0.6 is 0 Å². The number of sulfonamides is 1. The predicted molar refractivity (Wildman–Crippen MR) is 82.1 cm³/mol. The normalized spacial score (nSPS) is 18.7. The minimum absolute atomic E-state index is 0.0587. The number of pyridine rings is 1. The number of nitrogen functional groups attached to an aromatic ring is 1. The minimum Gasteiger partial charge on any atom is -0.308 e. The van der Waals surface area contributed by atoms with Gasteiger partial charge >= 0.3 is 0 Å². The van der Waals surface area contributed by atoms with Crippen LogP contribution in [-0.2, 0) is 10.0 Å². The third kappa shape index (κ3) is 3.52. The van der Waals surface area contributed by atoms with Crippen LogP contribution in [0.1, 0.15) is 20.8 Å². The number of nitrogens with zero attached hydrogens (tertiary/aromatic N) is 3. The van der Waals surface area contributed by atoms with E-state index in [0.717, 1.165) is 13.1 Å². The van der Waals surface area contributed by atoms with E-state index in [-0.39, 0.29) is 10.4 Å². The molecule has 1 aromatic rings. The first-order valence-electron chi connectivity index (χ1n) is 6.93. The molecule has 1 fully saturated rings. The molecule has 1 aliphatic heterocycles. The van der Waals surface area contributed by atoms with Gasteiger partial charge in [-0.05, 0) is 26.8 Å². The number of anilines is 1. The van der Waals surface area contributed by atoms with Gasteiger partial charge in [-0.2, -0.15) is 4.31 Å². The molecule has 7 nitrogen and oxygen atoms in total. The van der Waals surface area contributed by atoms with Crippen LogP contribution < -0.4 is 11.3 Å². The summed E-state index contributed by atoms with van der Waals surface area (Å²) < 4.78 is 26.8. The van der Waals surface area contributed by atoms with Crippen molar-refractivity contribution in [2.24, 2.45) is 5.84 Å². The van der Waals surface area contributed by atoms with Crippen LogP contribution in [0.15, 0.2) is 23.2 Å². The average molecular weight is 313 g/mol. The molecular weight excluding hydrogens is 290 g/mol. The lowest BCUT2D eigenvalue weighted by molar-refractivity contribution is 0.0922. The van der Waals surface area contributed by atoms with Gasteiger partial charge in [0.05, 0.1) is 4.90 Å². The largest absolute Gasteiger partial charge is 0.308 e. The van der Waals surface area contributed by atoms with Crippen LogP contribution in [0.25, 0.3) is 0 Å². The quantitative estimate of drug-likeness (QED) is 0.623. The Morgan fingerprint density at radius 1 is 1.24 bits per heavy atom. The Bertz CT molecular complexity index is 589. The van der Waals surface area contributed by atoms with Crippen molar-refractivity contribution in [3.8, 4) is 0 Å². The lowest BCUT2D eigenvalue weighted by atomic mass is 10.1. The Balaban J connectivity index is 2.15. The molecule has 8 heteroatoms. The second-order valence-corrected chi connectivity index (χ2v) is 8.02. The summed E-state index contributed by atoms with van der Waals surface area (Å²) in [5.74, 6) is 5.62. The van der Waals surface area contributed by atoms with Gasteiger partial charge in [-0.3, -0.25) is 4.90 Å². The van der Waals surface area contributed by atoms with Crippen molar-refractivity contribution < 1.29 is 8.42 Å². The van der Waals surface area contributed by atoms with E-state index in [1.54, 1.807) is 0 Å². The molecule has 0 bridgehead atoms. The molecule has 1 saturated heterocycles. The lowest BCUT2D eigenvalue weighted by Gasteiger charge is -2.41. The highest BCUT2D eigenvalue weighted by atomic mass is 32.2. The maximum Gasteiger partial charge on any atom is 0.243 e. The Kier molecular flexibility index (Phi) is 4.52. The molecule has 0 unspecified atom stereocenters. The summed E-state index contributed by atoms with van der Waals surface area (Å²) >= 11 is 0. The van der Waals surface area contributed by atoms with Crippen LogP contribution in [0.3, 0.4) is 0 Å². The van der Waals surface area contributed by atoms with Crippen molar-refractivity contribution in [3.63, 3.8) is 0 Å². The van der Waals surface area contributed by atoms with Crippen molar-refractivity contribution in [2.45, 2.75) is 31.2 Å². The highest BCUT2D eigenvalue weighted by Crippen LogP contribution is 2.22. The number of hydrogen-bond donors (Lipinski definition) is 2. The molecule has 2 rings (SSSR count). The maximum absolute atomic E-state index is 12.6. The number of nitrogens with one attached hydrogen (secondary N) is 1. The molecule has 118 valence electrons. The molecular formula is C13H23N5O2S. The van der Waals surface area contributed by atoms with Crippen molar-refractivity contribution >= 4 is 15.8 Å². The van der Waals surface area contributed by atoms with Crippen LogP contribution in [0, 0.1) is 0 Å². The molecule has 21 heavy (non-hydrogen) atoms. The smallest absolute Gasteiger partial charge is 0.243 e. The van der Waals surface area contributed by atoms with Gasteiger partial charge in [0.15, 0.2) is 0 Å². The predicted octanol–water partition coefficient (Wildman–Crippen LogP) is 0.472. The van der Waals surface area contributed by atoms with Gasteiger partial charge in [-0.25, -0.2) is 19.2 Å². The van der Waals surface area contributed by atoms with E-state index in [0.29, 0.717) is 18.9 Å². The number of piperazine rings is 1. The minimum atomic E-state index is -3.49. The lowest BCUT2D eigenvalue weighted by Crippen LogP contribution is -2.54. The van der Waals surface area contributed by atoms with Crippen LogP contribution in [0.2, 0.25) is 0 Å². The van der Waals surface area contributed by atoms with Gasteiger partial charge in [0.2, 0.25) is 10.0 Å². The highest BCUT2D eigenvalue weighted by Gasteiger charge is 2.32. The van der Waals surface area contributed by atoms with E-state index in [1.165, 1.54) is 22.6 Å². The first-order chi connectivity index (χ1) is 9.75. The first-order valence-corrected chi connectivity index (χ1v) is 8.37. The van der Waals surface area contributed by atoms with Gasteiger partial charge < -0.3 is 5.43 Å². The van der Waals surface area contributed by atoms with Crippen molar-refractivity contribution in [3.05, 3.63) is 18.3 Å². The average Bonchev–Trinajstić information content (AvgIpc) is 2.46. The van der Waals surface area contributed by atoms with Gasteiger partial charge in [-0.1, -0.05) is 0 Å². The Hall–Kier alpha value is -1.22. The molecule has 0 radical (unpaired) electrons. The summed E-state index contributed by atoms with van der Waals surface area (Å²) in [6.45, 7) is 8.86. The molecule has 0 aliphatic carbocycles. The highest BCUT2D eigenvalue weighted by molar-refractivity contribution is 7.89.